The number of nitrogens with zero attached hydrogens (tertiary/aromatic N) is 3. The minimum atomic E-state index is 0. The van der Waals surface area contributed by atoms with Crippen molar-refractivity contribution < 1.29 is 4.74 Å². The molecule has 0 bridgehead atoms. The quantitative estimate of drug-likeness (QED) is 0.192. The number of hydrogen-bond acceptors (Lipinski definition) is 3. The second-order valence-corrected chi connectivity index (χ2v) is 7.03. The van der Waals surface area contributed by atoms with Crippen LogP contribution in [0.2, 0.25) is 0 Å². The number of rotatable bonds is 9. The van der Waals surface area contributed by atoms with Crippen molar-refractivity contribution in [2.45, 2.75) is 32.7 Å². The van der Waals surface area contributed by atoms with Gasteiger partial charge in [0.2, 0.25) is 0 Å². The summed E-state index contributed by atoms with van der Waals surface area (Å²) in [5.41, 5.74) is 3.58. The number of guanidine groups is 1. The summed E-state index contributed by atoms with van der Waals surface area (Å²) >= 11 is 0. The second kappa shape index (κ2) is 12.4. The van der Waals surface area contributed by atoms with Crippen LogP contribution in [0.3, 0.4) is 0 Å². The highest BCUT2D eigenvalue weighted by molar-refractivity contribution is 14.0. The van der Waals surface area contributed by atoms with Crippen molar-refractivity contribution in [3.8, 4) is 5.75 Å². The molecule has 0 spiro atoms. The first kappa shape index (κ1) is 24.0. The molecule has 3 aromatic rings. The third kappa shape index (κ3) is 6.62. The highest BCUT2D eigenvalue weighted by atomic mass is 127. The normalized spacial score (nSPS) is 11.2. The fourth-order valence-corrected chi connectivity index (χ4v) is 3.43. The summed E-state index contributed by atoms with van der Waals surface area (Å²) in [6.07, 6.45) is 3.09. The van der Waals surface area contributed by atoms with E-state index in [9.17, 15) is 0 Å². The number of ether oxygens (including phenoxy) is 1. The third-order valence-corrected chi connectivity index (χ3v) is 5.01. The van der Waals surface area contributed by atoms with E-state index in [0.717, 1.165) is 61.9 Å². The Labute approximate surface area is 196 Å². The number of imidazole rings is 1. The molecule has 162 valence electrons. The zero-order chi connectivity index (χ0) is 20.5. The van der Waals surface area contributed by atoms with Crippen LogP contribution in [-0.2, 0) is 13.0 Å². The van der Waals surface area contributed by atoms with Crippen molar-refractivity contribution in [3.05, 3.63) is 59.9 Å². The molecule has 7 heteroatoms. The summed E-state index contributed by atoms with van der Waals surface area (Å²) in [7, 11) is 3.50. The van der Waals surface area contributed by atoms with Gasteiger partial charge in [0, 0.05) is 26.7 Å². The van der Waals surface area contributed by atoms with Gasteiger partial charge in [-0.1, -0.05) is 24.3 Å². The summed E-state index contributed by atoms with van der Waals surface area (Å²) in [4.78, 5) is 8.94. The number of aliphatic imine (C=N–C) groups is 1. The van der Waals surface area contributed by atoms with Crippen molar-refractivity contribution in [2.24, 2.45) is 4.99 Å². The number of para-hydroxylation sites is 2. The Kier molecular flexibility index (Phi) is 9.93. The second-order valence-electron chi connectivity index (χ2n) is 7.03. The predicted molar refractivity (Wildman–Crippen MR) is 135 cm³/mol. The Bertz CT molecular complexity index is 936. The van der Waals surface area contributed by atoms with E-state index in [1.54, 1.807) is 7.11 Å². The van der Waals surface area contributed by atoms with Crippen molar-refractivity contribution >= 4 is 41.0 Å². The molecule has 0 fully saturated rings. The Hall–Kier alpha value is -2.29. The van der Waals surface area contributed by atoms with Crippen LogP contribution < -0.4 is 15.4 Å². The fourth-order valence-electron chi connectivity index (χ4n) is 3.43. The lowest BCUT2D eigenvalue weighted by Crippen LogP contribution is -2.38. The van der Waals surface area contributed by atoms with Crippen molar-refractivity contribution in [2.75, 3.05) is 27.2 Å². The van der Waals surface area contributed by atoms with Gasteiger partial charge >= 0.3 is 0 Å². The summed E-state index contributed by atoms with van der Waals surface area (Å²) in [6.45, 7) is 4.76. The number of fused-ring (bicyclic) bond motifs is 1. The van der Waals surface area contributed by atoms with Gasteiger partial charge in [-0.3, -0.25) is 4.99 Å². The first-order valence-corrected chi connectivity index (χ1v) is 10.2. The lowest BCUT2D eigenvalue weighted by molar-refractivity contribution is 0.414. The predicted octanol–water partition coefficient (Wildman–Crippen LogP) is 4.16. The fraction of sp³-hybridized carbons (Fsp3) is 0.391. The standard InChI is InChI=1S/C23H31N5O.HI/c1-18-27-21-9-4-5-10-22(21)28(18)17-7-16-26-23(24-2)25-15-6-8-19-11-13-20(29-3)14-12-19;/h4-5,9-14H,6-8,15-17H2,1-3H3,(H2,24,25,26);1H. The topological polar surface area (TPSA) is 63.5 Å². The van der Waals surface area contributed by atoms with E-state index in [1.165, 1.54) is 11.1 Å². The van der Waals surface area contributed by atoms with E-state index in [4.69, 9.17) is 4.74 Å². The maximum Gasteiger partial charge on any atom is 0.190 e. The molecule has 1 heterocycles. The number of aromatic nitrogens is 2. The largest absolute Gasteiger partial charge is 0.497 e. The number of methoxy groups -OCH3 is 1. The average Bonchev–Trinajstić information content (AvgIpc) is 3.08. The molecular formula is C23H32IN5O. The number of benzene rings is 2. The maximum atomic E-state index is 5.20. The van der Waals surface area contributed by atoms with Gasteiger partial charge in [0.1, 0.15) is 11.6 Å². The Balaban J connectivity index is 0.00000320. The van der Waals surface area contributed by atoms with Crippen LogP contribution >= 0.6 is 24.0 Å². The molecule has 0 aliphatic heterocycles. The first-order chi connectivity index (χ1) is 14.2. The van der Waals surface area contributed by atoms with Crippen LogP contribution in [0.15, 0.2) is 53.5 Å². The van der Waals surface area contributed by atoms with E-state index in [1.807, 2.05) is 25.2 Å². The van der Waals surface area contributed by atoms with Crippen molar-refractivity contribution in [3.63, 3.8) is 0 Å². The Morgan fingerprint density at radius 2 is 1.73 bits per heavy atom. The van der Waals surface area contributed by atoms with E-state index < -0.39 is 0 Å². The minimum Gasteiger partial charge on any atom is -0.497 e. The lowest BCUT2D eigenvalue weighted by Gasteiger charge is -2.13. The molecule has 0 atom stereocenters. The van der Waals surface area contributed by atoms with Crippen LogP contribution in [-0.4, -0.2) is 42.8 Å². The lowest BCUT2D eigenvalue weighted by atomic mass is 10.1. The molecule has 2 aromatic carbocycles. The van der Waals surface area contributed by atoms with Gasteiger partial charge in [-0.2, -0.15) is 0 Å². The average molecular weight is 521 g/mol. The third-order valence-electron chi connectivity index (χ3n) is 5.01. The SMILES string of the molecule is CN=C(NCCCc1ccc(OC)cc1)NCCCn1c(C)nc2ccccc21.I. The zero-order valence-corrected chi connectivity index (χ0v) is 20.3. The molecule has 3 rings (SSSR count). The summed E-state index contributed by atoms with van der Waals surface area (Å²) < 4.78 is 7.48. The number of hydrogen-bond donors (Lipinski definition) is 2. The van der Waals surface area contributed by atoms with Gasteiger partial charge in [0.15, 0.2) is 5.96 Å². The van der Waals surface area contributed by atoms with Gasteiger partial charge in [-0.05, 0) is 56.0 Å². The molecular weight excluding hydrogens is 489 g/mol. The zero-order valence-electron chi connectivity index (χ0n) is 18.0. The van der Waals surface area contributed by atoms with Crippen LogP contribution in [0.1, 0.15) is 24.2 Å². The molecule has 0 aliphatic rings. The minimum absolute atomic E-state index is 0. The molecule has 0 saturated carbocycles. The van der Waals surface area contributed by atoms with E-state index >= 15 is 0 Å². The van der Waals surface area contributed by atoms with E-state index in [2.05, 4.69) is 62.4 Å². The van der Waals surface area contributed by atoms with Crippen LogP contribution in [0.25, 0.3) is 11.0 Å². The summed E-state index contributed by atoms with van der Waals surface area (Å²) in [6, 6.07) is 16.5. The van der Waals surface area contributed by atoms with Crippen LogP contribution in [0, 0.1) is 6.92 Å². The molecule has 0 amide bonds. The number of aryl methyl sites for hydroxylation is 3. The highest BCUT2D eigenvalue weighted by Crippen LogP contribution is 2.15. The van der Waals surface area contributed by atoms with Crippen molar-refractivity contribution in [1.29, 1.82) is 0 Å². The van der Waals surface area contributed by atoms with Crippen LogP contribution in [0.4, 0.5) is 0 Å². The number of halogens is 1. The van der Waals surface area contributed by atoms with E-state index in [-0.39, 0.29) is 24.0 Å². The smallest absolute Gasteiger partial charge is 0.190 e. The monoisotopic (exact) mass is 521 g/mol. The molecule has 1 aromatic heterocycles. The van der Waals surface area contributed by atoms with Gasteiger partial charge in [0.05, 0.1) is 18.1 Å². The highest BCUT2D eigenvalue weighted by Gasteiger charge is 2.06. The Morgan fingerprint density at radius 3 is 2.43 bits per heavy atom. The van der Waals surface area contributed by atoms with Gasteiger partial charge < -0.3 is 19.9 Å². The molecule has 0 aliphatic carbocycles. The molecule has 6 nitrogen and oxygen atoms in total. The van der Waals surface area contributed by atoms with Gasteiger partial charge in [-0.15, -0.1) is 24.0 Å². The Morgan fingerprint density at radius 1 is 1.03 bits per heavy atom. The maximum absolute atomic E-state index is 5.20. The first-order valence-electron chi connectivity index (χ1n) is 10.2. The molecule has 0 radical (unpaired) electrons. The summed E-state index contributed by atoms with van der Waals surface area (Å²) in [5.74, 6) is 2.81. The van der Waals surface area contributed by atoms with Crippen molar-refractivity contribution in [1.82, 2.24) is 20.2 Å². The molecule has 0 saturated heterocycles. The van der Waals surface area contributed by atoms with Gasteiger partial charge in [-0.25, -0.2) is 4.98 Å². The number of nitrogens with one attached hydrogen (secondary N) is 2. The van der Waals surface area contributed by atoms with Gasteiger partial charge in [0.25, 0.3) is 0 Å². The molecule has 30 heavy (non-hydrogen) atoms. The molecule has 2 N–H and O–H groups in total. The summed E-state index contributed by atoms with van der Waals surface area (Å²) in [5, 5.41) is 6.79. The van der Waals surface area contributed by atoms with Crippen LogP contribution in [0.5, 0.6) is 5.75 Å². The molecule has 0 unspecified atom stereocenters. The van der Waals surface area contributed by atoms with E-state index in [0.29, 0.717) is 0 Å².